The van der Waals surface area contributed by atoms with E-state index in [2.05, 4.69) is 92.0 Å². The molecule has 0 radical (unpaired) electrons. The Labute approximate surface area is 466 Å². The summed E-state index contributed by atoms with van der Waals surface area (Å²) in [5, 5.41) is 6.34. The average Bonchev–Trinajstić information content (AvgIpc) is 3.93. The maximum Gasteiger partial charge on any atom is 0.407 e. The molecular weight excluding hydrogens is 939 g/mol. The summed E-state index contributed by atoms with van der Waals surface area (Å²) < 4.78 is 13.3. The number of rotatable bonds is 25. The molecule has 0 spiro atoms. The number of amides is 2. The summed E-state index contributed by atoms with van der Waals surface area (Å²) in [5.74, 6) is 9.88. The topological polar surface area (TPSA) is 129 Å². The number of allylic oxidation sites excluding steroid dienone is 2. The van der Waals surface area contributed by atoms with E-state index in [1.165, 1.54) is 103 Å². The van der Waals surface area contributed by atoms with Crippen molar-refractivity contribution in [2.75, 3.05) is 52.4 Å². The van der Waals surface area contributed by atoms with Crippen molar-refractivity contribution >= 4 is 12.2 Å². The Kier molecular flexibility index (Phi) is 20.4. The lowest BCUT2D eigenvalue weighted by molar-refractivity contribution is -0.927. The van der Waals surface area contributed by atoms with E-state index in [-0.39, 0.29) is 35.2 Å². The molecule has 0 saturated heterocycles. The summed E-state index contributed by atoms with van der Waals surface area (Å²) in [4.78, 5) is 27.0. The molecule has 2 amide bonds. The van der Waals surface area contributed by atoms with Gasteiger partial charge in [-0.15, -0.1) is 0 Å². The molecule has 0 aliphatic heterocycles. The molecule has 6 fully saturated rings. The molecule has 6 saturated carbocycles. The van der Waals surface area contributed by atoms with Gasteiger partial charge in [0.2, 0.25) is 0 Å². The van der Waals surface area contributed by atoms with Crippen molar-refractivity contribution in [1.29, 1.82) is 0 Å². The van der Waals surface area contributed by atoms with Gasteiger partial charge in [-0.25, -0.2) is 9.59 Å². The second-order valence-corrected chi connectivity index (χ2v) is 29.8. The summed E-state index contributed by atoms with van der Waals surface area (Å²) in [6.07, 6.45) is 35.0. The maximum absolute atomic E-state index is 13.6. The first-order chi connectivity index (χ1) is 36.3. The number of alkyl carbamates (subject to hydrolysis) is 2. The second-order valence-electron chi connectivity index (χ2n) is 29.8. The molecular formula is C67H118N5O4+. The average molecular weight is 1060 g/mol. The number of nitrogens with zero attached hydrogens (tertiary/aromatic N) is 1. The lowest BCUT2D eigenvalue weighted by Gasteiger charge is -2.58. The normalized spacial score (nSPS) is 37.6. The molecule has 0 heterocycles. The summed E-state index contributed by atoms with van der Waals surface area (Å²) in [5.41, 5.74) is 16.8. The van der Waals surface area contributed by atoms with Crippen LogP contribution in [0.25, 0.3) is 0 Å². The SMILES string of the molecule is CC(C)CCCC(C)C1CCC2C3CC=C4CC(OC(=O)NCCC[N+](CCCN)(CCCN)CCNC(=O)OC5CCC6(C)C(=CCC7C6CCC6(C)C(C(C)CCCC(C)C)CCC76)C5)CCC4(C)C3CCC12C. The number of ether oxygens (including phenoxy) is 2. The van der Waals surface area contributed by atoms with E-state index in [0.717, 1.165) is 159 Å². The highest BCUT2D eigenvalue weighted by Crippen LogP contribution is 2.69. The number of hydrogen-bond donors (Lipinski definition) is 4. The van der Waals surface area contributed by atoms with Crippen LogP contribution in [0.1, 0.15) is 230 Å². The fraction of sp³-hybridized carbons (Fsp3) is 0.910. The molecule has 434 valence electrons. The van der Waals surface area contributed by atoms with E-state index in [4.69, 9.17) is 20.9 Å². The highest BCUT2D eigenvalue weighted by Gasteiger charge is 2.61. The van der Waals surface area contributed by atoms with Gasteiger partial charge in [0.05, 0.1) is 32.7 Å². The Morgan fingerprint density at radius 3 is 1.41 bits per heavy atom. The van der Waals surface area contributed by atoms with E-state index in [1.807, 2.05) is 0 Å². The molecule has 8 aliphatic carbocycles. The van der Waals surface area contributed by atoms with Crippen LogP contribution in [0.3, 0.4) is 0 Å². The van der Waals surface area contributed by atoms with Crippen LogP contribution in [0.4, 0.5) is 9.59 Å². The van der Waals surface area contributed by atoms with Gasteiger partial charge < -0.3 is 36.1 Å². The molecule has 76 heavy (non-hydrogen) atoms. The van der Waals surface area contributed by atoms with E-state index in [1.54, 1.807) is 11.1 Å². The third-order valence-electron chi connectivity index (χ3n) is 24.7. The fourth-order valence-corrected chi connectivity index (χ4v) is 20.4. The molecule has 9 heteroatoms. The van der Waals surface area contributed by atoms with Gasteiger partial charge in [-0.1, -0.05) is 131 Å². The van der Waals surface area contributed by atoms with Gasteiger partial charge in [0.15, 0.2) is 0 Å². The Bertz CT molecular complexity index is 1960. The van der Waals surface area contributed by atoms with Gasteiger partial charge in [0.25, 0.3) is 0 Å². The summed E-state index contributed by atoms with van der Waals surface area (Å²) in [7, 11) is 0. The summed E-state index contributed by atoms with van der Waals surface area (Å²) in [6, 6.07) is 0. The van der Waals surface area contributed by atoms with Crippen LogP contribution in [0.5, 0.6) is 0 Å². The number of carbonyl (C=O) groups is 2. The van der Waals surface area contributed by atoms with Crippen molar-refractivity contribution in [1.82, 2.24) is 10.6 Å². The Balaban J connectivity index is 0.774. The minimum absolute atomic E-state index is 0.0568. The maximum atomic E-state index is 13.6. The predicted octanol–water partition coefficient (Wildman–Crippen LogP) is 15.2. The van der Waals surface area contributed by atoms with Gasteiger partial charge in [-0.3, -0.25) is 0 Å². The van der Waals surface area contributed by atoms with Crippen LogP contribution in [-0.4, -0.2) is 81.2 Å². The van der Waals surface area contributed by atoms with E-state index >= 15 is 0 Å². The fourth-order valence-electron chi connectivity index (χ4n) is 20.4. The van der Waals surface area contributed by atoms with Gasteiger partial charge in [-0.05, 0) is 196 Å². The second kappa shape index (κ2) is 25.8. The zero-order valence-corrected chi connectivity index (χ0v) is 50.8. The molecule has 8 rings (SSSR count). The van der Waals surface area contributed by atoms with Gasteiger partial charge in [-0.2, -0.15) is 0 Å². The molecule has 16 unspecified atom stereocenters. The standard InChI is InChI=1S/C67H117N5O4/c1-46(2)16-11-18-48(5)56-24-26-58-54-22-20-50-44-52(28-32-64(50,7)60(54)30-34-66(56,58)9)75-62(73)70-38-15-42-72(40-13-36-68,41-14-37-69)43-39-71-63(74)76-53-29-33-65(8)51(45-53)21-23-55-59-27-25-57(49(6)19-12-17-47(3)4)67(59,10)35-31-61(55)65/h20-21,46-49,52-61H,11-19,22-45,68-69H2,1-10H3,(H-,70,71,73,74)/p+1. The van der Waals surface area contributed by atoms with Crippen molar-refractivity contribution in [2.24, 2.45) is 104 Å². The third-order valence-corrected chi connectivity index (χ3v) is 24.7. The molecule has 0 aromatic carbocycles. The molecule has 0 aromatic heterocycles. The van der Waals surface area contributed by atoms with Gasteiger partial charge in [0, 0.05) is 38.6 Å². The molecule has 9 nitrogen and oxygen atoms in total. The van der Waals surface area contributed by atoms with Crippen LogP contribution < -0.4 is 22.1 Å². The third kappa shape index (κ3) is 13.0. The number of quaternary nitrogens is 1. The van der Waals surface area contributed by atoms with Crippen molar-refractivity contribution in [3.8, 4) is 0 Å². The monoisotopic (exact) mass is 1060 g/mol. The highest BCUT2D eigenvalue weighted by molar-refractivity contribution is 5.67. The van der Waals surface area contributed by atoms with E-state index in [0.29, 0.717) is 37.0 Å². The van der Waals surface area contributed by atoms with Crippen LogP contribution in [-0.2, 0) is 9.47 Å². The molecule has 6 N–H and O–H groups in total. The number of nitrogens with two attached hydrogens (primary N) is 2. The van der Waals surface area contributed by atoms with Crippen LogP contribution in [0.2, 0.25) is 0 Å². The largest absolute Gasteiger partial charge is 0.446 e. The van der Waals surface area contributed by atoms with Gasteiger partial charge >= 0.3 is 12.2 Å². The van der Waals surface area contributed by atoms with Crippen molar-refractivity contribution in [3.63, 3.8) is 0 Å². The number of nitrogens with one attached hydrogen (secondary N) is 2. The first-order valence-corrected chi connectivity index (χ1v) is 32.8. The smallest absolute Gasteiger partial charge is 0.407 e. The van der Waals surface area contributed by atoms with Gasteiger partial charge in [0.1, 0.15) is 12.2 Å². The Hall–Kier alpha value is -2.10. The zero-order chi connectivity index (χ0) is 54.5. The Morgan fingerprint density at radius 1 is 0.539 bits per heavy atom. The van der Waals surface area contributed by atoms with Crippen molar-refractivity contribution in [3.05, 3.63) is 23.3 Å². The highest BCUT2D eigenvalue weighted by atomic mass is 16.6. The first kappa shape index (κ1) is 60.0. The minimum atomic E-state index is -0.288. The lowest BCUT2D eigenvalue weighted by atomic mass is 9.47. The minimum Gasteiger partial charge on any atom is -0.446 e. The zero-order valence-electron chi connectivity index (χ0n) is 50.8. The number of hydrogen-bond acceptors (Lipinski definition) is 6. The Morgan fingerprint density at radius 2 is 0.974 bits per heavy atom. The van der Waals surface area contributed by atoms with E-state index in [9.17, 15) is 9.59 Å². The molecule has 0 bridgehead atoms. The van der Waals surface area contributed by atoms with Crippen LogP contribution >= 0.6 is 0 Å². The number of fused-ring (bicyclic) bond motifs is 10. The summed E-state index contributed by atoms with van der Waals surface area (Å²) in [6.45, 7) is 31.0. The van der Waals surface area contributed by atoms with Crippen molar-refractivity contribution < 1.29 is 23.5 Å². The first-order valence-electron chi connectivity index (χ1n) is 32.8. The summed E-state index contributed by atoms with van der Waals surface area (Å²) >= 11 is 0. The molecule has 16 atom stereocenters. The predicted molar refractivity (Wildman–Crippen MR) is 314 cm³/mol. The lowest BCUT2D eigenvalue weighted by Crippen LogP contribution is -2.55. The molecule has 8 aliphatic rings. The van der Waals surface area contributed by atoms with Crippen LogP contribution in [0, 0.1) is 92.7 Å². The number of carbonyl (C=O) groups excluding carboxylic acids is 2. The quantitative estimate of drug-likeness (QED) is 0.0410. The van der Waals surface area contributed by atoms with E-state index < -0.39 is 0 Å². The van der Waals surface area contributed by atoms with Crippen molar-refractivity contribution in [2.45, 2.75) is 242 Å². The molecule has 0 aromatic rings. The van der Waals surface area contributed by atoms with Crippen LogP contribution in [0.15, 0.2) is 23.3 Å².